The van der Waals surface area contributed by atoms with Crippen LogP contribution in [0.3, 0.4) is 0 Å². The Balaban J connectivity index is 2.42. The molecule has 0 atom stereocenters. The highest BCUT2D eigenvalue weighted by atomic mass is 19.3. The van der Waals surface area contributed by atoms with Crippen LogP contribution < -0.4 is 9.47 Å². The molecule has 5 heteroatoms. The van der Waals surface area contributed by atoms with Crippen LogP contribution in [0.4, 0.5) is 8.78 Å². The molecule has 0 aromatic heterocycles. The molecule has 0 bridgehead atoms. The average Bonchev–Trinajstić information content (AvgIpc) is 2.47. The second kappa shape index (κ2) is 2.56. The Morgan fingerprint density at radius 1 is 1.23 bits per heavy atom. The van der Waals surface area contributed by atoms with Crippen molar-refractivity contribution in [1.82, 2.24) is 0 Å². The summed E-state index contributed by atoms with van der Waals surface area (Å²) in [6.07, 6.45) is -3.83. The first-order chi connectivity index (χ1) is 6.07. The Kier molecular flexibility index (Phi) is 1.63. The number of hydrogen-bond donors (Lipinski definition) is 1. The summed E-state index contributed by atoms with van der Waals surface area (Å²) < 4.78 is 34.5. The maximum Gasteiger partial charge on any atom is 0.381 e. The fraction of sp³-hybridized carbons (Fsp3) is 0.250. The minimum Gasteiger partial charge on any atom is -0.454 e. The molecule has 1 aliphatic rings. The monoisotopic (exact) mass is 188 g/mol. The van der Waals surface area contributed by atoms with Crippen LogP contribution in [0.2, 0.25) is 0 Å². The van der Waals surface area contributed by atoms with Crippen LogP contribution in [0.1, 0.15) is 5.56 Å². The van der Waals surface area contributed by atoms with Crippen molar-refractivity contribution in [2.75, 3.05) is 6.79 Å². The number of hydrogen-bond acceptors (Lipinski definition) is 3. The minimum absolute atomic E-state index is 0.0236. The topological polar surface area (TPSA) is 38.7 Å². The van der Waals surface area contributed by atoms with Crippen LogP contribution in [0, 0.1) is 0 Å². The minimum atomic E-state index is -3.83. The lowest BCUT2D eigenvalue weighted by molar-refractivity contribution is -0.208. The van der Waals surface area contributed by atoms with E-state index in [4.69, 9.17) is 14.6 Å². The molecule has 0 amide bonds. The summed E-state index contributed by atoms with van der Waals surface area (Å²) in [5.41, 5.74) is -0.503. The zero-order valence-electron chi connectivity index (χ0n) is 6.46. The number of halogens is 2. The molecule has 0 radical (unpaired) electrons. The molecule has 0 aliphatic carbocycles. The van der Waals surface area contributed by atoms with Crippen LogP contribution in [0.25, 0.3) is 0 Å². The molecule has 1 N–H and O–H groups in total. The van der Waals surface area contributed by atoms with Gasteiger partial charge in [-0.05, 0) is 18.2 Å². The fourth-order valence-electron chi connectivity index (χ4n) is 1.08. The fourth-order valence-corrected chi connectivity index (χ4v) is 1.08. The Bertz CT molecular complexity index is 333. The molecule has 13 heavy (non-hydrogen) atoms. The van der Waals surface area contributed by atoms with E-state index >= 15 is 0 Å². The summed E-state index contributed by atoms with van der Waals surface area (Å²) in [5, 5.41) is 8.39. The van der Waals surface area contributed by atoms with Crippen LogP contribution in [-0.4, -0.2) is 11.9 Å². The summed E-state index contributed by atoms with van der Waals surface area (Å²) >= 11 is 0. The highest BCUT2D eigenvalue weighted by Crippen LogP contribution is 2.36. The SMILES string of the molecule is OC(F)(F)c1ccc2c(c1)OCO2. The van der Waals surface area contributed by atoms with E-state index in [0.717, 1.165) is 12.1 Å². The lowest BCUT2D eigenvalue weighted by Gasteiger charge is -2.08. The lowest BCUT2D eigenvalue weighted by atomic mass is 10.2. The summed E-state index contributed by atoms with van der Waals surface area (Å²) in [6.45, 7) is 0.0236. The van der Waals surface area contributed by atoms with Crippen molar-refractivity contribution in [2.24, 2.45) is 0 Å². The van der Waals surface area contributed by atoms with Gasteiger partial charge in [0.2, 0.25) is 6.79 Å². The molecule has 3 nitrogen and oxygen atoms in total. The highest BCUT2D eigenvalue weighted by molar-refractivity contribution is 5.45. The second-order valence-electron chi connectivity index (χ2n) is 2.61. The first-order valence-corrected chi connectivity index (χ1v) is 3.58. The van der Waals surface area contributed by atoms with Gasteiger partial charge in [-0.3, -0.25) is 0 Å². The van der Waals surface area contributed by atoms with Gasteiger partial charge < -0.3 is 14.6 Å². The molecule has 0 unspecified atom stereocenters. The predicted octanol–water partition coefficient (Wildman–Crippen LogP) is 1.46. The Hall–Kier alpha value is -1.36. The number of fused-ring (bicyclic) bond motifs is 1. The second-order valence-corrected chi connectivity index (χ2v) is 2.61. The van der Waals surface area contributed by atoms with E-state index in [9.17, 15) is 8.78 Å². The van der Waals surface area contributed by atoms with E-state index in [2.05, 4.69) is 0 Å². The summed E-state index contributed by atoms with van der Waals surface area (Å²) in [6, 6.07) is 3.48. The molecule has 2 rings (SSSR count). The van der Waals surface area contributed by atoms with Crippen molar-refractivity contribution in [3.05, 3.63) is 23.8 Å². The lowest BCUT2D eigenvalue weighted by Crippen LogP contribution is -2.10. The van der Waals surface area contributed by atoms with Gasteiger partial charge in [-0.15, -0.1) is 0 Å². The van der Waals surface area contributed by atoms with Crippen molar-refractivity contribution < 1.29 is 23.4 Å². The molecular weight excluding hydrogens is 182 g/mol. The van der Waals surface area contributed by atoms with E-state index in [1.165, 1.54) is 6.07 Å². The number of ether oxygens (including phenoxy) is 2. The summed E-state index contributed by atoms with van der Waals surface area (Å²) in [4.78, 5) is 0. The number of alkyl halides is 2. The zero-order valence-corrected chi connectivity index (χ0v) is 6.46. The van der Waals surface area contributed by atoms with Gasteiger partial charge in [0.1, 0.15) is 0 Å². The van der Waals surface area contributed by atoms with E-state index in [0.29, 0.717) is 5.75 Å². The Morgan fingerprint density at radius 3 is 2.62 bits per heavy atom. The third-order valence-corrected chi connectivity index (χ3v) is 1.72. The third kappa shape index (κ3) is 1.42. The zero-order chi connectivity index (χ0) is 9.47. The van der Waals surface area contributed by atoms with Gasteiger partial charge in [0.15, 0.2) is 11.5 Å². The van der Waals surface area contributed by atoms with E-state index in [1.807, 2.05) is 0 Å². The quantitative estimate of drug-likeness (QED) is 0.725. The molecule has 70 valence electrons. The smallest absolute Gasteiger partial charge is 0.381 e. The van der Waals surface area contributed by atoms with Crippen molar-refractivity contribution in [1.29, 1.82) is 0 Å². The van der Waals surface area contributed by atoms with Gasteiger partial charge in [-0.2, -0.15) is 8.78 Å². The third-order valence-electron chi connectivity index (χ3n) is 1.72. The number of rotatable bonds is 1. The molecule has 0 saturated carbocycles. The van der Waals surface area contributed by atoms with Gasteiger partial charge in [-0.1, -0.05) is 0 Å². The molecule has 1 aromatic carbocycles. The standard InChI is InChI=1S/C8H6F2O3/c9-8(10,11)5-1-2-6-7(3-5)13-4-12-6/h1-3,11H,4H2. The van der Waals surface area contributed by atoms with E-state index < -0.39 is 11.7 Å². The van der Waals surface area contributed by atoms with Crippen molar-refractivity contribution >= 4 is 0 Å². The van der Waals surface area contributed by atoms with E-state index in [-0.39, 0.29) is 12.5 Å². The van der Waals surface area contributed by atoms with Gasteiger partial charge in [0, 0.05) is 0 Å². The van der Waals surface area contributed by atoms with Gasteiger partial charge in [-0.25, -0.2) is 0 Å². The average molecular weight is 188 g/mol. The number of benzene rings is 1. The molecule has 0 spiro atoms. The normalized spacial score (nSPS) is 14.7. The van der Waals surface area contributed by atoms with Crippen molar-refractivity contribution in [3.63, 3.8) is 0 Å². The maximum atomic E-state index is 12.4. The highest BCUT2D eigenvalue weighted by Gasteiger charge is 2.29. The molecular formula is C8H6F2O3. The molecule has 0 fully saturated rings. The molecule has 0 saturated heterocycles. The van der Waals surface area contributed by atoms with Crippen molar-refractivity contribution in [2.45, 2.75) is 6.11 Å². The van der Waals surface area contributed by atoms with E-state index in [1.54, 1.807) is 0 Å². The van der Waals surface area contributed by atoms with Crippen LogP contribution in [0.15, 0.2) is 18.2 Å². The van der Waals surface area contributed by atoms with Gasteiger partial charge in [0.05, 0.1) is 5.56 Å². The molecule has 1 heterocycles. The summed E-state index contributed by atoms with van der Waals surface area (Å²) in [7, 11) is 0. The predicted molar refractivity (Wildman–Crippen MR) is 38.7 cm³/mol. The number of aliphatic hydroxyl groups is 1. The first-order valence-electron chi connectivity index (χ1n) is 3.58. The van der Waals surface area contributed by atoms with Crippen LogP contribution >= 0.6 is 0 Å². The maximum absolute atomic E-state index is 12.4. The van der Waals surface area contributed by atoms with Gasteiger partial charge in [0.25, 0.3) is 0 Å². The Labute approximate surface area is 72.5 Å². The van der Waals surface area contributed by atoms with Crippen LogP contribution in [-0.2, 0) is 6.11 Å². The molecule has 1 aromatic rings. The Morgan fingerprint density at radius 2 is 1.92 bits per heavy atom. The van der Waals surface area contributed by atoms with Crippen LogP contribution in [0.5, 0.6) is 11.5 Å². The largest absolute Gasteiger partial charge is 0.454 e. The first kappa shape index (κ1) is 8.25. The van der Waals surface area contributed by atoms with Crippen molar-refractivity contribution in [3.8, 4) is 11.5 Å². The summed E-state index contributed by atoms with van der Waals surface area (Å²) in [5.74, 6) is 0.638. The molecule has 1 aliphatic heterocycles. The van der Waals surface area contributed by atoms with Gasteiger partial charge >= 0.3 is 6.11 Å².